The van der Waals surface area contributed by atoms with Crippen LogP contribution in [0.15, 0.2) is 24.3 Å². The van der Waals surface area contributed by atoms with E-state index in [0.717, 1.165) is 18.6 Å². The number of carbonyl (C=O) groups excluding carboxylic acids is 1. The summed E-state index contributed by atoms with van der Waals surface area (Å²) in [5.41, 5.74) is 1.11. The summed E-state index contributed by atoms with van der Waals surface area (Å²) in [7, 11) is 1.77. The van der Waals surface area contributed by atoms with Gasteiger partial charge in [-0.25, -0.2) is 9.59 Å². The molecule has 1 fully saturated rings. The van der Waals surface area contributed by atoms with Gasteiger partial charge in [0, 0.05) is 32.7 Å². The number of hydrogen-bond donors (Lipinski definition) is 2. The van der Waals surface area contributed by atoms with Crippen molar-refractivity contribution in [1.29, 1.82) is 0 Å². The molecule has 1 atom stereocenters. The highest BCUT2D eigenvalue weighted by atomic mass is 16.5. The minimum Gasteiger partial charge on any atom is -0.478 e. The molecule has 6 heteroatoms. The Balaban J connectivity index is 1.78. The van der Waals surface area contributed by atoms with Gasteiger partial charge in [0.15, 0.2) is 0 Å². The maximum atomic E-state index is 12.0. The average Bonchev–Trinajstić information content (AvgIpc) is 2.98. The summed E-state index contributed by atoms with van der Waals surface area (Å²) in [5, 5.41) is 11.6. The zero-order chi connectivity index (χ0) is 15.2. The number of carboxylic acid groups (broad SMARTS) is 1. The highest BCUT2D eigenvalue weighted by Crippen LogP contribution is 2.13. The summed E-state index contributed by atoms with van der Waals surface area (Å²) in [6, 6.07) is 6.33. The smallest absolute Gasteiger partial charge is 0.335 e. The number of ether oxygens (including phenoxy) is 1. The Hall–Kier alpha value is -2.08. The second-order valence-electron chi connectivity index (χ2n) is 5.27. The maximum Gasteiger partial charge on any atom is 0.335 e. The monoisotopic (exact) mass is 292 g/mol. The third kappa shape index (κ3) is 4.46. The molecular formula is C15H20N2O4. The number of nitrogens with zero attached hydrogens (tertiary/aromatic N) is 1. The molecule has 1 saturated heterocycles. The number of carboxylic acids is 1. The van der Waals surface area contributed by atoms with E-state index in [1.165, 1.54) is 12.1 Å². The third-order valence-corrected chi connectivity index (χ3v) is 3.55. The second-order valence-corrected chi connectivity index (χ2v) is 5.27. The molecule has 0 aliphatic carbocycles. The third-order valence-electron chi connectivity index (χ3n) is 3.55. The maximum absolute atomic E-state index is 12.0. The minimum absolute atomic E-state index is 0.135. The van der Waals surface area contributed by atoms with Crippen molar-refractivity contribution < 1.29 is 19.4 Å². The molecule has 1 aliphatic rings. The van der Waals surface area contributed by atoms with Crippen molar-refractivity contribution in [3.05, 3.63) is 35.4 Å². The first-order valence-electron chi connectivity index (χ1n) is 6.95. The molecule has 1 heterocycles. The van der Waals surface area contributed by atoms with E-state index in [4.69, 9.17) is 9.84 Å². The van der Waals surface area contributed by atoms with Crippen LogP contribution >= 0.6 is 0 Å². The standard InChI is InChI=1S/C15H20N2O4/c1-17(9-12-6-7-21-10-12)15(20)16-8-11-2-4-13(5-3-11)14(18)19/h2-5,12H,6-10H2,1H3,(H,16,20)(H,18,19). The number of amides is 2. The number of carbonyl (C=O) groups is 2. The first-order chi connectivity index (χ1) is 10.1. The van der Waals surface area contributed by atoms with Gasteiger partial charge in [0.1, 0.15) is 0 Å². The molecule has 2 rings (SSSR count). The van der Waals surface area contributed by atoms with Crippen molar-refractivity contribution in [2.24, 2.45) is 5.92 Å². The van der Waals surface area contributed by atoms with Crippen molar-refractivity contribution >= 4 is 12.0 Å². The topological polar surface area (TPSA) is 78.9 Å². The van der Waals surface area contributed by atoms with Gasteiger partial charge < -0.3 is 20.1 Å². The first kappa shape index (κ1) is 15.3. The second kappa shape index (κ2) is 7.08. The van der Waals surface area contributed by atoms with Crippen molar-refractivity contribution in [2.45, 2.75) is 13.0 Å². The number of rotatable bonds is 5. The number of aromatic carboxylic acids is 1. The molecule has 21 heavy (non-hydrogen) atoms. The van der Waals surface area contributed by atoms with E-state index in [1.807, 2.05) is 0 Å². The summed E-state index contributed by atoms with van der Waals surface area (Å²) in [5.74, 6) is -0.542. The van der Waals surface area contributed by atoms with Gasteiger partial charge in [-0.15, -0.1) is 0 Å². The van der Waals surface area contributed by atoms with E-state index in [-0.39, 0.29) is 11.6 Å². The van der Waals surface area contributed by atoms with Gasteiger partial charge in [-0.3, -0.25) is 0 Å². The fraction of sp³-hybridized carbons (Fsp3) is 0.467. The van der Waals surface area contributed by atoms with Gasteiger partial charge in [-0.1, -0.05) is 12.1 Å². The van der Waals surface area contributed by atoms with Gasteiger partial charge in [0.05, 0.1) is 12.2 Å². The minimum atomic E-state index is -0.955. The van der Waals surface area contributed by atoms with Gasteiger partial charge >= 0.3 is 12.0 Å². The van der Waals surface area contributed by atoms with Gasteiger partial charge in [0.2, 0.25) is 0 Å². The molecule has 114 valence electrons. The highest BCUT2D eigenvalue weighted by Gasteiger charge is 2.19. The average molecular weight is 292 g/mol. The summed E-state index contributed by atoms with van der Waals surface area (Å²) in [4.78, 5) is 24.4. The number of benzene rings is 1. The molecule has 0 spiro atoms. The summed E-state index contributed by atoms with van der Waals surface area (Å²) < 4.78 is 5.29. The quantitative estimate of drug-likeness (QED) is 0.863. The molecule has 1 unspecified atom stereocenters. The predicted octanol–water partition coefficient (Wildman–Crippen LogP) is 1.56. The van der Waals surface area contributed by atoms with Crippen molar-refractivity contribution in [1.82, 2.24) is 10.2 Å². The lowest BCUT2D eigenvalue weighted by atomic mass is 10.1. The van der Waals surface area contributed by atoms with Crippen LogP contribution in [0.2, 0.25) is 0 Å². The fourth-order valence-electron chi connectivity index (χ4n) is 2.28. The van der Waals surface area contributed by atoms with Crippen LogP contribution in [0.1, 0.15) is 22.3 Å². The molecule has 0 saturated carbocycles. The van der Waals surface area contributed by atoms with Crippen LogP contribution in [0.25, 0.3) is 0 Å². The van der Waals surface area contributed by atoms with Crippen LogP contribution in [0, 0.1) is 5.92 Å². The van der Waals surface area contributed by atoms with Crippen molar-refractivity contribution in [3.8, 4) is 0 Å². The Morgan fingerprint density at radius 2 is 2.10 bits per heavy atom. The molecular weight excluding hydrogens is 272 g/mol. The Morgan fingerprint density at radius 1 is 1.38 bits per heavy atom. The predicted molar refractivity (Wildman–Crippen MR) is 77.2 cm³/mol. The number of nitrogens with one attached hydrogen (secondary N) is 1. The van der Waals surface area contributed by atoms with Crippen LogP contribution in [-0.4, -0.2) is 48.8 Å². The molecule has 1 aromatic carbocycles. The molecule has 2 N–H and O–H groups in total. The summed E-state index contributed by atoms with van der Waals surface area (Å²) >= 11 is 0. The van der Waals surface area contributed by atoms with E-state index in [2.05, 4.69) is 5.32 Å². The molecule has 6 nitrogen and oxygen atoms in total. The Kier molecular flexibility index (Phi) is 5.16. The lowest BCUT2D eigenvalue weighted by Gasteiger charge is -2.20. The Morgan fingerprint density at radius 3 is 2.67 bits per heavy atom. The van der Waals surface area contributed by atoms with Crippen LogP contribution in [0.5, 0.6) is 0 Å². The molecule has 1 aliphatic heterocycles. The van der Waals surface area contributed by atoms with Crippen LogP contribution < -0.4 is 5.32 Å². The number of urea groups is 1. The zero-order valence-corrected chi connectivity index (χ0v) is 12.0. The zero-order valence-electron chi connectivity index (χ0n) is 12.0. The SMILES string of the molecule is CN(CC1CCOC1)C(=O)NCc1ccc(C(=O)O)cc1. The van der Waals surface area contributed by atoms with Gasteiger partial charge in [-0.05, 0) is 24.1 Å². The molecule has 0 bridgehead atoms. The van der Waals surface area contributed by atoms with E-state index in [9.17, 15) is 9.59 Å². The van der Waals surface area contributed by atoms with Crippen molar-refractivity contribution in [3.63, 3.8) is 0 Å². The molecule has 0 aromatic heterocycles. The summed E-state index contributed by atoms with van der Waals surface area (Å²) in [6.45, 7) is 2.55. The lowest BCUT2D eigenvalue weighted by Crippen LogP contribution is -2.39. The van der Waals surface area contributed by atoms with Gasteiger partial charge in [0.25, 0.3) is 0 Å². The van der Waals surface area contributed by atoms with E-state index >= 15 is 0 Å². The van der Waals surface area contributed by atoms with Crippen LogP contribution in [0.3, 0.4) is 0 Å². The largest absolute Gasteiger partial charge is 0.478 e. The Bertz CT molecular complexity index is 495. The van der Waals surface area contributed by atoms with Crippen LogP contribution in [-0.2, 0) is 11.3 Å². The van der Waals surface area contributed by atoms with Gasteiger partial charge in [-0.2, -0.15) is 0 Å². The number of hydrogen-bond acceptors (Lipinski definition) is 3. The first-order valence-corrected chi connectivity index (χ1v) is 6.95. The fourth-order valence-corrected chi connectivity index (χ4v) is 2.28. The Labute approximate surface area is 123 Å². The molecule has 0 radical (unpaired) electrons. The molecule has 1 aromatic rings. The van der Waals surface area contributed by atoms with Crippen molar-refractivity contribution in [2.75, 3.05) is 26.8 Å². The molecule has 2 amide bonds. The van der Waals surface area contributed by atoms with E-state index in [0.29, 0.717) is 25.6 Å². The lowest BCUT2D eigenvalue weighted by molar-refractivity contribution is 0.0697. The highest BCUT2D eigenvalue weighted by molar-refractivity contribution is 5.87. The summed E-state index contributed by atoms with van der Waals surface area (Å²) in [6.07, 6.45) is 0.994. The van der Waals surface area contributed by atoms with E-state index < -0.39 is 5.97 Å². The normalized spacial score (nSPS) is 17.5. The van der Waals surface area contributed by atoms with Crippen LogP contribution in [0.4, 0.5) is 4.79 Å². The van der Waals surface area contributed by atoms with E-state index in [1.54, 1.807) is 24.1 Å².